The maximum atomic E-state index is 11.8. The molecule has 0 aromatic rings. The van der Waals surface area contributed by atoms with Gasteiger partial charge in [-0.3, -0.25) is 9.59 Å². The van der Waals surface area contributed by atoms with Crippen LogP contribution >= 0.6 is 0 Å². The van der Waals surface area contributed by atoms with Crippen molar-refractivity contribution < 1.29 is 33.0 Å². The molecule has 0 amide bonds. The summed E-state index contributed by atoms with van der Waals surface area (Å²) in [5.41, 5.74) is 0. The van der Waals surface area contributed by atoms with Crippen LogP contribution in [0.3, 0.4) is 0 Å². The summed E-state index contributed by atoms with van der Waals surface area (Å²) in [6.07, 6.45) is -4.95. The summed E-state index contributed by atoms with van der Waals surface area (Å²) >= 11 is 0. The second kappa shape index (κ2) is 4.08. The molecule has 2 N–H and O–H groups in total. The van der Waals surface area contributed by atoms with Gasteiger partial charge in [0.15, 0.2) is 0 Å². The Hall–Kier alpha value is -1.31. The average Bonchev–Trinajstić information content (AvgIpc) is 1.81. The van der Waals surface area contributed by atoms with E-state index in [1.165, 1.54) is 0 Å². The largest absolute Gasteiger partial charge is 0.480 e. The number of nitrogens with zero attached hydrogens (tertiary/aromatic N) is 1. The molecule has 0 aliphatic rings. The Morgan fingerprint density at radius 3 is 1.54 bits per heavy atom. The molecule has 8 heteroatoms. The van der Waals surface area contributed by atoms with E-state index in [9.17, 15) is 22.8 Å². The number of halogens is 3. The Kier molecular flexibility index (Phi) is 3.67. The maximum Gasteiger partial charge on any atom is 0.460 e. The van der Waals surface area contributed by atoms with E-state index in [1.54, 1.807) is 0 Å². The fraction of sp³-hybridized carbons (Fsp3) is 0.600. The molecule has 0 rings (SSSR count). The van der Waals surface area contributed by atoms with E-state index in [4.69, 9.17) is 10.2 Å². The van der Waals surface area contributed by atoms with E-state index in [-0.39, 0.29) is 0 Å². The van der Waals surface area contributed by atoms with Crippen LogP contribution in [0, 0.1) is 0 Å². The quantitative estimate of drug-likeness (QED) is 0.625. The van der Waals surface area contributed by atoms with Gasteiger partial charge in [-0.15, -0.1) is 0 Å². The van der Waals surface area contributed by atoms with Crippen molar-refractivity contribution in [3.8, 4) is 0 Å². The number of hydrogen-bond donors (Lipinski definition) is 2. The molecule has 0 spiro atoms. The predicted molar refractivity (Wildman–Crippen MR) is 32.9 cm³/mol. The Labute approximate surface area is 70.4 Å². The lowest BCUT2D eigenvalue weighted by atomic mass is 10.5. The zero-order valence-electron chi connectivity index (χ0n) is 6.21. The van der Waals surface area contributed by atoms with E-state index in [1.807, 2.05) is 0 Å². The third kappa shape index (κ3) is 5.01. The van der Waals surface area contributed by atoms with Gasteiger partial charge in [0, 0.05) is 0 Å². The molecule has 0 atom stereocenters. The highest BCUT2D eigenvalue weighted by atomic mass is 19.4. The molecule has 0 bridgehead atoms. The van der Waals surface area contributed by atoms with Crippen LogP contribution in [-0.4, -0.2) is 46.4 Å². The molecule has 0 saturated heterocycles. The van der Waals surface area contributed by atoms with E-state index in [2.05, 4.69) is 0 Å². The van der Waals surface area contributed by atoms with Gasteiger partial charge in [0.25, 0.3) is 0 Å². The molecule has 0 heterocycles. The number of rotatable bonds is 4. The van der Waals surface area contributed by atoms with E-state index < -0.39 is 36.2 Å². The highest BCUT2D eigenvalue weighted by molar-refractivity contribution is 5.72. The van der Waals surface area contributed by atoms with Gasteiger partial charge in [0.2, 0.25) is 0 Å². The molecular formula is C5H6F3NO4. The normalized spacial score (nSPS) is 11.7. The van der Waals surface area contributed by atoms with E-state index in [0.29, 0.717) is 0 Å². The van der Waals surface area contributed by atoms with Gasteiger partial charge in [0.1, 0.15) is 13.1 Å². The zero-order valence-corrected chi connectivity index (χ0v) is 6.21. The SMILES string of the molecule is O=C(O)CN(CC(=O)O)C(F)(F)F. The van der Waals surface area contributed by atoms with Crippen LogP contribution in [0.2, 0.25) is 0 Å². The van der Waals surface area contributed by atoms with Crippen molar-refractivity contribution in [1.29, 1.82) is 0 Å². The van der Waals surface area contributed by atoms with Gasteiger partial charge in [-0.1, -0.05) is 0 Å². The lowest BCUT2D eigenvalue weighted by Gasteiger charge is -2.20. The van der Waals surface area contributed by atoms with Crippen LogP contribution in [0.5, 0.6) is 0 Å². The first-order chi connectivity index (χ1) is 5.73. The van der Waals surface area contributed by atoms with Crippen LogP contribution in [-0.2, 0) is 9.59 Å². The molecule has 0 unspecified atom stereocenters. The molecule has 0 aromatic carbocycles. The molecule has 13 heavy (non-hydrogen) atoms. The number of aliphatic carboxylic acids is 2. The van der Waals surface area contributed by atoms with E-state index >= 15 is 0 Å². The van der Waals surface area contributed by atoms with Crippen molar-refractivity contribution in [2.75, 3.05) is 13.1 Å². The standard InChI is InChI=1S/C5H6F3NO4/c6-5(7,8)9(1-3(10)11)2-4(12)13/h1-2H2,(H,10,11)(H,12,13). The van der Waals surface area contributed by atoms with Crippen LogP contribution in [0.4, 0.5) is 13.2 Å². The third-order valence-corrected chi connectivity index (χ3v) is 1.01. The molecule has 0 aliphatic carbocycles. The summed E-state index contributed by atoms with van der Waals surface area (Å²) in [5, 5.41) is 16.1. The van der Waals surface area contributed by atoms with Gasteiger partial charge >= 0.3 is 18.2 Å². The summed E-state index contributed by atoms with van der Waals surface area (Å²) in [6.45, 7) is -2.76. The fourth-order valence-electron chi connectivity index (χ4n) is 0.562. The van der Waals surface area contributed by atoms with Crippen LogP contribution in [0.15, 0.2) is 0 Å². The Balaban J connectivity index is 4.37. The molecule has 0 aromatic heterocycles. The van der Waals surface area contributed by atoms with Gasteiger partial charge in [-0.25, -0.2) is 0 Å². The number of carboxylic acids is 2. The Morgan fingerprint density at radius 1 is 1.08 bits per heavy atom. The molecule has 0 radical (unpaired) electrons. The van der Waals surface area contributed by atoms with Crippen LogP contribution in [0.25, 0.3) is 0 Å². The fourth-order valence-corrected chi connectivity index (χ4v) is 0.562. The lowest BCUT2D eigenvalue weighted by Crippen LogP contribution is -2.44. The van der Waals surface area contributed by atoms with Gasteiger partial charge in [-0.05, 0) is 0 Å². The smallest absolute Gasteiger partial charge is 0.460 e. The topological polar surface area (TPSA) is 77.8 Å². The monoisotopic (exact) mass is 201 g/mol. The number of carboxylic acid groups (broad SMARTS) is 2. The second-order valence-electron chi connectivity index (χ2n) is 2.11. The lowest BCUT2D eigenvalue weighted by molar-refractivity contribution is -0.246. The van der Waals surface area contributed by atoms with Crippen molar-refractivity contribution in [2.45, 2.75) is 6.30 Å². The highest BCUT2D eigenvalue weighted by Gasteiger charge is 2.39. The van der Waals surface area contributed by atoms with Gasteiger partial charge in [-0.2, -0.15) is 18.1 Å². The van der Waals surface area contributed by atoms with Crippen LogP contribution in [0.1, 0.15) is 0 Å². The first kappa shape index (κ1) is 11.7. The minimum Gasteiger partial charge on any atom is -0.480 e. The molecule has 76 valence electrons. The molecule has 0 fully saturated rings. The summed E-state index contributed by atoms with van der Waals surface area (Å²) in [7, 11) is 0. The summed E-state index contributed by atoms with van der Waals surface area (Å²) in [6, 6.07) is 0. The Bertz CT molecular complexity index is 198. The first-order valence-electron chi connectivity index (χ1n) is 2.99. The zero-order chi connectivity index (χ0) is 10.6. The average molecular weight is 201 g/mol. The third-order valence-electron chi connectivity index (χ3n) is 1.01. The number of carbonyl (C=O) groups is 2. The van der Waals surface area contributed by atoms with Crippen LogP contribution < -0.4 is 0 Å². The molecule has 5 nitrogen and oxygen atoms in total. The molecule has 0 saturated carbocycles. The maximum absolute atomic E-state index is 11.8. The predicted octanol–water partition coefficient (Wildman–Crippen LogP) is -0.0226. The van der Waals surface area contributed by atoms with Gasteiger partial charge in [0.05, 0.1) is 0 Å². The number of alkyl halides is 3. The van der Waals surface area contributed by atoms with E-state index in [0.717, 1.165) is 0 Å². The highest BCUT2D eigenvalue weighted by Crippen LogP contribution is 2.19. The molecular weight excluding hydrogens is 195 g/mol. The second-order valence-corrected chi connectivity index (χ2v) is 2.11. The van der Waals surface area contributed by atoms with Gasteiger partial charge < -0.3 is 10.2 Å². The summed E-state index contributed by atoms with van der Waals surface area (Å²) < 4.78 is 35.5. The van der Waals surface area contributed by atoms with Crippen molar-refractivity contribution in [2.24, 2.45) is 0 Å². The minimum absolute atomic E-state index is 0.613. The number of hydrogen-bond acceptors (Lipinski definition) is 3. The minimum atomic E-state index is -4.95. The van der Waals surface area contributed by atoms with Crippen molar-refractivity contribution in [1.82, 2.24) is 4.90 Å². The van der Waals surface area contributed by atoms with Crippen molar-refractivity contribution >= 4 is 11.9 Å². The molecule has 0 aliphatic heterocycles. The van der Waals surface area contributed by atoms with Crippen molar-refractivity contribution in [3.05, 3.63) is 0 Å². The van der Waals surface area contributed by atoms with Crippen molar-refractivity contribution in [3.63, 3.8) is 0 Å². The summed E-state index contributed by atoms with van der Waals surface area (Å²) in [4.78, 5) is 19.2. The summed E-state index contributed by atoms with van der Waals surface area (Å²) in [5.74, 6) is -3.47. The Morgan fingerprint density at radius 2 is 1.38 bits per heavy atom. The first-order valence-corrected chi connectivity index (χ1v) is 2.99.